The van der Waals surface area contributed by atoms with Gasteiger partial charge in [0.25, 0.3) is 0 Å². The van der Waals surface area contributed by atoms with Crippen LogP contribution in [0.1, 0.15) is 13.3 Å². The minimum absolute atomic E-state index is 0.0795. The number of aromatic nitrogens is 5. The molecule has 2 aromatic carbocycles. The maximum Gasteiger partial charge on any atom is 0.224 e. The summed E-state index contributed by atoms with van der Waals surface area (Å²) in [5.41, 5.74) is 6.92. The van der Waals surface area contributed by atoms with E-state index in [0.29, 0.717) is 35.8 Å². The van der Waals surface area contributed by atoms with Gasteiger partial charge in [-0.15, -0.1) is 0 Å². The van der Waals surface area contributed by atoms with Gasteiger partial charge in [-0.2, -0.15) is 5.10 Å². The minimum atomic E-state index is -0.357. The topological polar surface area (TPSA) is 112 Å². The Morgan fingerprint density at radius 2 is 1.86 bits per heavy atom. The molecule has 0 radical (unpaired) electrons. The summed E-state index contributed by atoms with van der Waals surface area (Å²) in [6.07, 6.45) is 5.48. The predicted molar refractivity (Wildman–Crippen MR) is 163 cm³/mol. The normalized spacial score (nSPS) is 11.5. The molecule has 0 aliphatic carbocycles. The van der Waals surface area contributed by atoms with Gasteiger partial charge in [-0.3, -0.25) is 14.9 Å². The van der Waals surface area contributed by atoms with Crippen LogP contribution in [-0.4, -0.2) is 63.2 Å². The SMILES string of the molecule is CCC(=O)Nc1cncc(-c2cnc3[nH]nc(-c4cc5c(-c6cc(F)cc(OCCN(C)C)c6)cccc5[nH]4)c3c2)c1. The lowest BCUT2D eigenvalue weighted by atomic mass is 10.0. The third-order valence-corrected chi connectivity index (χ3v) is 7.00. The maximum absolute atomic E-state index is 14.6. The molecule has 0 saturated carbocycles. The van der Waals surface area contributed by atoms with Gasteiger partial charge in [-0.1, -0.05) is 19.1 Å². The highest BCUT2D eigenvalue weighted by Crippen LogP contribution is 2.36. The fourth-order valence-corrected chi connectivity index (χ4v) is 4.86. The van der Waals surface area contributed by atoms with Crippen molar-refractivity contribution in [2.75, 3.05) is 32.6 Å². The molecule has 0 bridgehead atoms. The molecule has 0 saturated heterocycles. The Hall–Kier alpha value is -5.09. The van der Waals surface area contributed by atoms with Crippen LogP contribution in [0.5, 0.6) is 5.75 Å². The summed E-state index contributed by atoms with van der Waals surface area (Å²) in [5.74, 6) is 0.0540. The number of fused-ring (bicyclic) bond motifs is 2. The van der Waals surface area contributed by atoms with Crippen LogP contribution in [0.4, 0.5) is 10.1 Å². The number of nitrogens with zero attached hydrogens (tertiary/aromatic N) is 4. The molecule has 0 unspecified atom stereocenters. The van der Waals surface area contributed by atoms with Crippen molar-refractivity contribution in [2.24, 2.45) is 0 Å². The Labute approximate surface area is 241 Å². The van der Waals surface area contributed by atoms with Crippen molar-refractivity contribution in [3.05, 3.63) is 79.0 Å². The van der Waals surface area contributed by atoms with Gasteiger partial charge in [0.2, 0.25) is 5.91 Å². The van der Waals surface area contributed by atoms with Crippen LogP contribution >= 0.6 is 0 Å². The van der Waals surface area contributed by atoms with E-state index in [9.17, 15) is 9.18 Å². The van der Waals surface area contributed by atoms with E-state index in [4.69, 9.17) is 4.74 Å². The molecule has 42 heavy (non-hydrogen) atoms. The van der Waals surface area contributed by atoms with Crippen LogP contribution in [0, 0.1) is 5.82 Å². The van der Waals surface area contributed by atoms with Gasteiger partial charge in [0.05, 0.1) is 17.6 Å². The number of ether oxygens (including phenoxy) is 1. The second-order valence-corrected chi connectivity index (χ2v) is 10.3. The molecule has 0 fully saturated rings. The number of pyridine rings is 2. The fraction of sp³-hybridized carbons (Fsp3) is 0.188. The standard InChI is InChI=1S/C32H30FN7O2/c1-4-30(41)36-23-11-20(16-34-18-23)21-13-27-31(38-39-32(27)35-17-21)29-15-26-25(6-5-7-28(26)37-29)19-10-22(33)14-24(12-19)42-9-8-40(2)3/h5-7,10-18,37H,4,8-9H2,1-3H3,(H,36,41)(H,35,38,39). The average molecular weight is 564 g/mol. The van der Waals surface area contributed by atoms with E-state index in [1.165, 1.54) is 12.1 Å². The van der Waals surface area contributed by atoms with Gasteiger partial charge in [-0.25, -0.2) is 9.37 Å². The Balaban J connectivity index is 1.36. The summed E-state index contributed by atoms with van der Waals surface area (Å²) in [6.45, 7) is 2.99. The van der Waals surface area contributed by atoms with Crippen LogP contribution in [0.25, 0.3) is 55.6 Å². The maximum atomic E-state index is 14.6. The van der Waals surface area contributed by atoms with Crippen molar-refractivity contribution in [2.45, 2.75) is 13.3 Å². The van der Waals surface area contributed by atoms with Crippen molar-refractivity contribution in [1.29, 1.82) is 0 Å². The molecule has 4 aromatic heterocycles. The highest BCUT2D eigenvalue weighted by Gasteiger charge is 2.16. The monoisotopic (exact) mass is 563 g/mol. The van der Waals surface area contributed by atoms with Gasteiger partial charge in [-0.05, 0) is 61.6 Å². The lowest BCUT2D eigenvalue weighted by Crippen LogP contribution is -2.19. The van der Waals surface area contributed by atoms with E-state index in [1.54, 1.807) is 25.5 Å². The van der Waals surface area contributed by atoms with Crippen molar-refractivity contribution in [1.82, 2.24) is 30.0 Å². The number of hydrogen-bond donors (Lipinski definition) is 3. The Morgan fingerprint density at radius 3 is 2.69 bits per heavy atom. The zero-order valence-electron chi connectivity index (χ0n) is 23.5. The molecule has 1 amide bonds. The number of amides is 1. The smallest absolute Gasteiger partial charge is 0.224 e. The summed E-state index contributed by atoms with van der Waals surface area (Å²) in [5, 5.41) is 12.2. The molecule has 212 valence electrons. The quantitative estimate of drug-likeness (QED) is 0.191. The number of likely N-dealkylation sites (N-methyl/N-ethyl adjacent to an activating group) is 1. The number of rotatable bonds is 9. The van der Waals surface area contributed by atoms with E-state index in [0.717, 1.165) is 50.8 Å². The molecule has 9 nitrogen and oxygen atoms in total. The lowest BCUT2D eigenvalue weighted by Gasteiger charge is -2.12. The molecule has 3 N–H and O–H groups in total. The van der Waals surface area contributed by atoms with E-state index in [-0.39, 0.29) is 11.7 Å². The van der Waals surface area contributed by atoms with Crippen LogP contribution in [-0.2, 0) is 4.79 Å². The van der Waals surface area contributed by atoms with Gasteiger partial charge in [0.15, 0.2) is 5.65 Å². The largest absolute Gasteiger partial charge is 0.492 e. The fourth-order valence-electron chi connectivity index (χ4n) is 4.86. The minimum Gasteiger partial charge on any atom is -0.492 e. The Bertz CT molecular complexity index is 1910. The number of carbonyl (C=O) groups excluding carboxylic acids is 1. The van der Waals surface area contributed by atoms with Crippen molar-refractivity contribution < 1.29 is 13.9 Å². The summed E-state index contributed by atoms with van der Waals surface area (Å²) < 4.78 is 20.5. The Morgan fingerprint density at radius 1 is 1.00 bits per heavy atom. The van der Waals surface area contributed by atoms with Crippen LogP contribution < -0.4 is 10.1 Å². The number of H-pyrrole nitrogens is 2. The van der Waals surface area contributed by atoms with Crippen LogP contribution in [0.2, 0.25) is 0 Å². The van der Waals surface area contributed by atoms with E-state index in [2.05, 4.69) is 30.5 Å². The molecule has 0 aliphatic heterocycles. The molecule has 0 spiro atoms. The van der Waals surface area contributed by atoms with Crippen molar-refractivity contribution >= 4 is 33.5 Å². The van der Waals surface area contributed by atoms with Gasteiger partial charge in [0, 0.05) is 58.8 Å². The first kappa shape index (κ1) is 27.1. The summed E-state index contributed by atoms with van der Waals surface area (Å²) in [7, 11) is 3.93. The van der Waals surface area contributed by atoms with E-state index in [1.807, 2.05) is 61.5 Å². The number of benzene rings is 2. The number of carbonyl (C=O) groups is 1. The predicted octanol–water partition coefficient (Wildman–Crippen LogP) is 6.26. The second-order valence-electron chi connectivity index (χ2n) is 10.3. The van der Waals surface area contributed by atoms with Gasteiger partial charge < -0.3 is 19.9 Å². The molecule has 6 rings (SSSR count). The molecule has 0 aliphatic rings. The number of hydrogen-bond acceptors (Lipinski definition) is 6. The van der Waals surface area contributed by atoms with Crippen molar-refractivity contribution in [3.8, 4) is 39.4 Å². The number of aromatic amines is 2. The first-order chi connectivity index (χ1) is 20.4. The molecule has 10 heteroatoms. The zero-order chi connectivity index (χ0) is 29.2. The van der Waals surface area contributed by atoms with Gasteiger partial charge >= 0.3 is 0 Å². The lowest BCUT2D eigenvalue weighted by molar-refractivity contribution is -0.115. The highest BCUT2D eigenvalue weighted by molar-refractivity contribution is 6.01. The van der Waals surface area contributed by atoms with Crippen LogP contribution in [0.3, 0.4) is 0 Å². The third kappa shape index (κ3) is 5.57. The zero-order valence-corrected chi connectivity index (χ0v) is 23.5. The van der Waals surface area contributed by atoms with E-state index >= 15 is 0 Å². The summed E-state index contributed by atoms with van der Waals surface area (Å²) >= 11 is 0. The Kier molecular flexibility index (Phi) is 7.37. The molecular weight excluding hydrogens is 533 g/mol. The third-order valence-electron chi connectivity index (χ3n) is 7.00. The first-order valence-corrected chi connectivity index (χ1v) is 13.7. The molecular formula is C32H30FN7O2. The van der Waals surface area contributed by atoms with Crippen molar-refractivity contribution in [3.63, 3.8) is 0 Å². The van der Waals surface area contributed by atoms with Crippen LogP contribution in [0.15, 0.2) is 73.2 Å². The number of anilines is 1. The highest BCUT2D eigenvalue weighted by atomic mass is 19.1. The molecule has 4 heterocycles. The van der Waals surface area contributed by atoms with Gasteiger partial charge in [0.1, 0.15) is 23.9 Å². The second kappa shape index (κ2) is 11.4. The summed E-state index contributed by atoms with van der Waals surface area (Å²) in [6, 6.07) is 16.6. The number of nitrogens with one attached hydrogen (secondary N) is 3. The molecule has 0 atom stereocenters. The first-order valence-electron chi connectivity index (χ1n) is 13.7. The number of halogens is 1. The van der Waals surface area contributed by atoms with E-state index < -0.39 is 0 Å². The molecule has 6 aromatic rings. The average Bonchev–Trinajstić information content (AvgIpc) is 3.60. The summed E-state index contributed by atoms with van der Waals surface area (Å²) in [4.78, 5) is 26.2.